The standard InChI is InChI=1S/C21H26N4O/c1-5-25(6-2)17-11-12-19(16(4)13-17)22-14-20-23-24-21(26-20)18-10-8-7-9-15(18)3/h7-13,22H,5-6,14H2,1-4H3. The van der Waals surface area contributed by atoms with Crippen molar-refractivity contribution in [3.05, 3.63) is 59.5 Å². The Balaban J connectivity index is 1.69. The molecule has 0 unspecified atom stereocenters. The molecule has 136 valence electrons. The Hall–Kier alpha value is -2.82. The van der Waals surface area contributed by atoms with E-state index in [9.17, 15) is 0 Å². The first-order valence-electron chi connectivity index (χ1n) is 9.10. The second kappa shape index (κ2) is 8.04. The zero-order valence-corrected chi connectivity index (χ0v) is 15.9. The van der Waals surface area contributed by atoms with Gasteiger partial charge in [0, 0.05) is 30.0 Å². The van der Waals surface area contributed by atoms with E-state index in [0.29, 0.717) is 18.3 Å². The van der Waals surface area contributed by atoms with E-state index in [4.69, 9.17) is 4.42 Å². The molecule has 0 saturated heterocycles. The number of nitrogens with zero attached hydrogens (tertiary/aromatic N) is 3. The van der Waals surface area contributed by atoms with E-state index in [1.165, 1.54) is 11.3 Å². The molecule has 0 atom stereocenters. The number of anilines is 2. The van der Waals surface area contributed by atoms with Gasteiger partial charge in [0.15, 0.2) is 0 Å². The van der Waals surface area contributed by atoms with Crippen molar-refractivity contribution in [1.82, 2.24) is 10.2 Å². The van der Waals surface area contributed by atoms with Gasteiger partial charge in [0.25, 0.3) is 0 Å². The predicted octanol–water partition coefficient (Wildman–Crippen LogP) is 4.81. The minimum atomic E-state index is 0.504. The van der Waals surface area contributed by atoms with Gasteiger partial charge >= 0.3 is 0 Å². The molecule has 1 N–H and O–H groups in total. The Morgan fingerprint density at radius 1 is 0.962 bits per heavy atom. The van der Waals surface area contributed by atoms with Crippen LogP contribution in [0.3, 0.4) is 0 Å². The van der Waals surface area contributed by atoms with Crippen LogP contribution in [-0.2, 0) is 6.54 Å². The maximum Gasteiger partial charge on any atom is 0.248 e. The van der Waals surface area contributed by atoms with Crippen molar-refractivity contribution in [3.8, 4) is 11.5 Å². The molecule has 0 fully saturated rings. The summed E-state index contributed by atoms with van der Waals surface area (Å²) in [4.78, 5) is 2.34. The van der Waals surface area contributed by atoms with Crippen LogP contribution >= 0.6 is 0 Å². The van der Waals surface area contributed by atoms with E-state index in [1.807, 2.05) is 31.2 Å². The molecule has 0 saturated carbocycles. The second-order valence-electron chi connectivity index (χ2n) is 6.34. The lowest BCUT2D eigenvalue weighted by molar-refractivity contribution is 0.514. The van der Waals surface area contributed by atoms with Crippen LogP contribution in [0.15, 0.2) is 46.9 Å². The zero-order valence-electron chi connectivity index (χ0n) is 15.9. The van der Waals surface area contributed by atoms with Crippen LogP contribution in [0.4, 0.5) is 11.4 Å². The maximum absolute atomic E-state index is 5.82. The molecule has 0 aliphatic heterocycles. The molecule has 1 heterocycles. The summed E-state index contributed by atoms with van der Waals surface area (Å²) in [7, 11) is 0. The van der Waals surface area contributed by atoms with Crippen molar-refractivity contribution in [2.75, 3.05) is 23.3 Å². The second-order valence-corrected chi connectivity index (χ2v) is 6.34. The number of benzene rings is 2. The van der Waals surface area contributed by atoms with Gasteiger partial charge in [0.1, 0.15) is 0 Å². The maximum atomic E-state index is 5.82. The average Bonchev–Trinajstić information content (AvgIpc) is 3.11. The van der Waals surface area contributed by atoms with Crippen LogP contribution in [0.5, 0.6) is 0 Å². The van der Waals surface area contributed by atoms with Gasteiger partial charge < -0.3 is 14.6 Å². The van der Waals surface area contributed by atoms with Gasteiger partial charge in [-0.3, -0.25) is 0 Å². The molecule has 0 spiro atoms. The van der Waals surface area contributed by atoms with Crippen molar-refractivity contribution in [2.24, 2.45) is 0 Å². The lowest BCUT2D eigenvalue weighted by atomic mass is 10.1. The molecule has 1 aromatic heterocycles. The summed E-state index contributed by atoms with van der Waals surface area (Å²) < 4.78 is 5.82. The van der Waals surface area contributed by atoms with Gasteiger partial charge in [-0.15, -0.1) is 10.2 Å². The van der Waals surface area contributed by atoms with Gasteiger partial charge in [0.05, 0.1) is 6.54 Å². The zero-order chi connectivity index (χ0) is 18.5. The minimum absolute atomic E-state index is 0.504. The summed E-state index contributed by atoms with van der Waals surface area (Å²) in [5.74, 6) is 1.14. The van der Waals surface area contributed by atoms with Gasteiger partial charge in [-0.25, -0.2) is 0 Å². The molecule has 2 aromatic carbocycles. The van der Waals surface area contributed by atoms with Gasteiger partial charge in [0.2, 0.25) is 11.8 Å². The topological polar surface area (TPSA) is 54.2 Å². The van der Waals surface area contributed by atoms with Gasteiger partial charge in [-0.1, -0.05) is 18.2 Å². The van der Waals surface area contributed by atoms with Crippen molar-refractivity contribution >= 4 is 11.4 Å². The van der Waals surface area contributed by atoms with Crippen LogP contribution in [-0.4, -0.2) is 23.3 Å². The Morgan fingerprint density at radius 3 is 2.42 bits per heavy atom. The van der Waals surface area contributed by atoms with Gasteiger partial charge in [-0.05, 0) is 63.1 Å². The third-order valence-corrected chi connectivity index (χ3v) is 4.61. The molecular weight excluding hydrogens is 324 g/mol. The Kier molecular flexibility index (Phi) is 5.56. The van der Waals surface area contributed by atoms with E-state index in [2.05, 4.69) is 59.4 Å². The highest BCUT2D eigenvalue weighted by atomic mass is 16.4. The van der Waals surface area contributed by atoms with E-state index in [-0.39, 0.29) is 0 Å². The highest BCUT2D eigenvalue weighted by Crippen LogP contribution is 2.24. The van der Waals surface area contributed by atoms with Crippen LogP contribution in [0.2, 0.25) is 0 Å². The number of aromatic nitrogens is 2. The fraction of sp³-hybridized carbons (Fsp3) is 0.333. The van der Waals surface area contributed by atoms with E-state index in [1.54, 1.807) is 0 Å². The SMILES string of the molecule is CCN(CC)c1ccc(NCc2nnc(-c3ccccc3C)o2)c(C)c1. The first kappa shape index (κ1) is 18.0. The summed E-state index contributed by atoms with van der Waals surface area (Å²) in [6, 6.07) is 14.5. The van der Waals surface area contributed by atoms with Crippen LogP contribution in [0.25, 0.3) is 11.5 Å². The smallest absolute Gasteiger partial charge is 0.248 e. The molecule has 3 aromatic rings. The van der Waals surface area contributed by atoms with Gasteiger partial charge in [-0.2, -0.15) is 0 Å². The van der Waals surface area contributed by atoms with Crippen molar-refractivity contribution in [3.63, 3.8) is 0 Å². The quantitative estimate of drug-likeness (QED) is 0.662. The molecular formula is C21H26N4O. The summed E-state index contributed by atoms with van der Waals surface area (Å²) in [6.45, 7) is 11.0. The molecule has 0 aliphatic rings. The summed E-state index contributed by atoms with van der Waals surface area (Å²) >= 11 is 0. The fourth-order valence-corrected chi connectivity index (χ4v) is 3.05. The van der Waals surface area contributed by atoms with E-state index in [0.717, 1.165) is 29.9 Å². The van der Waals surface area contributed by atoms with Crippen LogP contribution < -0.4 is 10.2 Å². The lowest BCUT2D eigenvalue weighted by Gasteiger charge is -2.22. The minimum Gasteiger partial charge on any atom is -0.419 e. The fourth-order valence-electron chi connectivity index (χ4n) is 3.05. The molecule has 0 amide bonds. The van der Waals surface area contributed by atoms with Crippen molar-refractivity contribution < 1.29 is 4.42 Å². The van der Waals surface area contributed by atoms with E-state index >= 15 is 0 Å². The monoisotopic (exact) mass is 350 g/mol. The largest absolute Gasteiger partial charge is 0.419 e. The molecule has 0 bridgehead atoms. The van der Waals surface area contributed by atoms with E-state index < -0.39 is 0 Å². The highest BCUT2D eigenvalue weighted by Gasteiger charge is 2.11. The normalized spacial score (nSPS) is 10.8. The molecule has 0 aliphatic carbocycles. The molecule has 0 radical (unpaired) electrons. The number of hydrogen-bond donors (Lipinski definition) is 1. The first-order valence-corrected chi connectivity index (χ1v) is 9.10. The predicted molar refractivity (Wildman–Crippen MR) is 107 cm³/mol. The lowest BCUT2D eigenvalue weighted by Crippen LogP contribution is -2.21. The van der Waals surface area contributed by atoms with Crippen molar-refractivity contribution in [1.29, 1.82) is 0 Å². The third kappa shape index (κ3) is 3.87. The van der Waals surface area contributed by atoms with Crippen LogP contribution in [0.1, 0.15) is 30.9 Å². The number of hydrogen-bond acceptors (Lipinski definition) is 5. The van der Waals surface area contributed by atoms with Crippen LogP contribution in [0, 0.1) is 13.8 Å². The Labute approximate surface area is 155 Å². The third-order valence-electron chi connectivity index (χ3n) is 4.61. The molecule has 5 heteroatoms. The molecule has 5 nitrogen and oxygen atoms in total. The number of nitrogens with one attached hydrogen (secondary N) is 1. The van der Waals surface area contributed by atoms with Crippen molar-refractivity contribution in [2.45, 2.75) is 34.2 Å². The molecule has 26 heavy (non-hydrogen) atoms. The Morgan fingerprint density at radius 2 is 1.73 bits per heavy atom. The summed E-state index contributed by atoms with van der Waals surface area (Å²) in [6.07, 6.45) is 0. The summed E-state index contributed by atoms with van der Waals surface area (Å²) in [5, 5.41) is 11.7. The summed E-state index contributed by atoms with van der Waals surface area (Å²) in [5.41, 5.74) is 5.63. The highest BCUT2D eigenvalue weighted by molar-refractivity contribution is 5.60. The number of rotatable bonds is 7. The average molecular weight is 350 g/mol. The number of aryl methyl sites for hydroxylation is 2. The Bertz CT molecular complexity index is 868. The molecule has 3 rings (SSSR count). The first-order chi connectivity index (χ1) is 12.6.